The van der Waals surface area contributed by atoms with Crippen LogP contribution in [0, 0.1) is 23.7 Å². The molecule has 0 aromatic heterocycles. The van der Waals surface area contributed by atoms with Crippen LogP contribution in [0.25, 0.3) is 0 Å². The van der Waals surface area contributed by atoms with Gasteiger partial charge < -0.3 is 5.11 Å². The van der Waals surface area contributed by atoms with Crippen molar-refractivity contribution in [1.29, 1.82) is 0 Å². The first-order chi connectivity index (χ1) is 11.6. The lowest BCUT2D eigenvalue weighted by atomic mass is 9.76. The minimum atomic E-state index is -0.776. The van der Waals surface area contributed by atoms with Gasteiger partial charge in [0.2, 0.25) is 0 Å². The summed E-state index contributed by atoms with van der Waals surface area (Å²) in [5.74, 6) is 6.63. The number of Topliss-reactive ketones (excluding diaryl/α,β-unsaturated/α-hetero) is 1. The summed E-state index contributed by atoms with van der Waals surface area (Å²) in [6.07, 6.45) is 1.47. The number of hydrogen-bond donors (Lipinski definition) is 1. The Balaban J connectivity index is 1.89. The number of carbonyl (C=O) groups excluding carboxylic acids is 1. The molecule has 24 heavy (non-hydrogen) atoms. The van der Waals surface area contributed by atoms with E-state index in [-0.39, 0.29) is 11.7 Å². The molecule has 1 fully saturated rings. The Morgan fingerprint density at radius 2 is 1.75 bits per heavy atom. The summed E-state index contributed by atoms with van der Waals surface area (Å²) in [7, 11) is 0. The van der Waals surface area contributed by atoms with Crippen molar-refractivity contribution in [2.75, 3.05) is 0 Å². The van der Waals surface area contributed by atoms with Gasteiger partial charge >= 0.3 is 0 Å². The van der Waals surface area contributed by atoms with Crippen LogP contribution in [0.5, 0.6) is 0 Å². The second-order valence-electron chi connectivity index (χ2n) is 6.60. The predicted molar refractivity (Wildman–Crippen MR) is 95.3 cm³/mol. The SMILES string of the molecule is C[C@H]1CCC(=O)[C@H]([C@@H](O)c2ccccc2C#Cc2ccccc2)C1. The third kappa shape index (κ3) is 3.75. The minimum Gasteiger partial charge on any atom is -0.388 e. The molecule has 1 aliphatic carbocycles. The van der Waals surface area contributed by atoms with Gasteiger partial charge in [0.1, 0.15) is 5.78 Å². The average Bonchev–Trinajstić information content (AvgIpc) is 2.62. The maximum atomic E-state index is 12.2. The summed E-state index contributed by atoms with van der Waals surface area (Å²) in [5.41, 5.74) is 2.48. The molecule has 2 aromatic carbocycles. The first-order valence-corrected chi connectivity index (χ1v) is 8.52. The van der Waals surface area contributed by atoms with Crippen LogP contribution in [0.4, 0.5) is 0 Å². The van der Waals surface area contributed by atoms with Crippen LogP contribution in [-0.4, -0.2) is 10.9 Å². The largest absolute Gasteiger partial charge is 0.388 e. The predicted octanol–water partition coefficient (Wildman–Crippen LogP) is 4.13. The molecule has 0 heterocycles. The van der Waals surface area contributed by atoms with E-state index in [1.807, 2.05) is 54.6 Å². The molecule has 0 saturated heterocycles. The monoisotopic (exact) mass is 318 g/mol. The van der Waals surface area contributed by atoms with Crippen LogP contribution >= 0.6 is 0 Å². The van der Waals surface area contributed by atoms with Crippen LogP contribution in [-0.2, 0) is 4.79 Å². The van der Waals surface area contributed by atoms with Gasteiger partial charge in [-0.2, -0.15) is 0 Å². The Hall–Kier alpha value is -2.37. The molecule has 2 aromatic rings. The van der Waals surface area contributed by atoms with Crippen LogP contribution in [0.3, 0.4) is 0 Å². The van der Waals surface area contributed by atoms with Gasteiger partial charge in [-0.25, -0.2) is 0 Å². The van der Waals surface area contributed by atoms with Crippen molar-refractivity contribution in [2.24, 2.45) is 11.8 Å². The summed E-state index contributed by atoms with van der Waals surface area (Å²) in [6.45, 7) is 2.15. The summed E-state index contributed by atoms with van der Waals surface area (Å²) in [5, 5.41) is 10.8. The van der Waals surface area contributed by atoms with Crippen LogP contribution in [0.1, 0.15) is 49.0 Å². The molecule has 0 bridgehead atoms. The van der Waals surface area contributed by atoms with Gasteiger partial charge in [-0.15, -0.1) is 0 Å². The van der Waals surface area contributed by atoms with Gasteiger partial charge in [0.05, 0.1) is 6.10 Å². The third-order valence-corrected chi connectivity index (χ3v) is 4.73. The molecule has 3 rings (SSSR count). The molecule has 122 valence electrons. The van der Waals surface area contributed by atoms with Crippen LogP contribution in [0.15, 0.2) is 54.6 Å². The number of hydrogen-bond acceptors (Lipinski definition) is 2. The quantitative estimate of drug-likeness (QED) is 0.846. The zero-order valence-electron chi connectivity index (χ0n) is 13.9. The first-order valence-electron chi connectivity index (χ1n) is 8.52. The van der Waals surface area contributed by atoms with E-state index in [4.69, 9.17) is 0 Å². The van der Waals surface area contributed by atoms with Gasteiger partial charge in [0.15, 0.2) is 0 Å². The fraction of sp³-hybridized carbons (Fsp3) is 0.318. The Labute approximate surface area is 143 Å². The van der Waals surface area contributed by atoms with Gasteiger partial charge in [0.25, 0.3) is 0 Å². The van der Waals surface area contributed by atoms with Crippen molar-refractivity contribution in [2.45, 2.75) is 32.3 Å². The van der Waals surface area contributed by atoms with Crippen molar-refractivity contribution < 1.29 is 9.90 Å². The van der Waals surface area contributed by atoms with Crippen molar-refractivity contribution in [1.82, 2.24) is 0 Å². The van der Waals surface area contributed by atoms with E-state index in [0.29, 0.717) is 12.3 Å². The minimum absolute atomic E-state index is 0.173. The van der Waals surface area contributed by atoms with Crippen molar-refractivity contribution >= 4 is 5.78 Å². The van der Waals surface area contributed by atoms with Gasteiger partial charge in [-0.3, -0.25) is 4.79 Å². The topological polar surface area (TPSA) is 37.3 Å². The molecule has 0 radical (unpaired) electrons. The number of benzene rings is 2. The van der Waals surface area contributed by atoms with Gasteiger partial charge in [-0.1, -0.05) is 55.2 Å². The average molecular weight is 318 g/mol. The number of rotatable bonds is 2. The van der Waals surface area contributed by atoms with E-state index >= 15 is 0 Å². The lowest BCUT2D eigenvalue weighted by Gasteiger charge is -2.29. The highest BCUT2D eigenvalue weighted by atomic mass is 16.3. The molecule has 3 atom stereocenters. The van der Waals surface area contributed by atoms with Crippen molar-refractivity contribution in [3.63, 3.8) is 0 Å². The number of ketones is 1. The Bertz CT molecular complexity index is 767. The Kier molecular flexibility index (Phi) is 5.13. The molecule has 0 spiro atoms. The standard InChI is InChI=1S/C22H22O2/c1-16-11-14-21(23)20(15-16)22(24)19-10-6-5-9-18(19)13-12-17-7-3-2-4-8-17/h2-10,16,20,22,24H,11,14-15H2,1H3/t16-,20+,22-/m0/s1. The van der Waals surface area contributed by atoms with E-state index < -0.39 is 6.10 Å². The number of aliphatic hydroxyl groups excluding tert-OH is 1. The second-order valence-corrected chi connectivity index (χ2v) is 6.60. The lowest BCUT2D eigenvalue weighted by Crippen LogP contribution is -2.29. The van der Waals surface area contributed by atoms with E-state index in [9.17, 15) is 9.90 Å². The molecule has 1 aliphatic rings. The third-order valence-electron chi connectivity index (χ3n) is 4.73. The first kappa shape index (κ1) is 16.5. The fourth-order valence-corrected chi connectivity index (χ4v) is 3.31. The molecule has 0 amide bonds. The molecular weight excluding hydrogens is 296 g/mol. The maximum absolute atomic E-state index is 12.2. The van der Waals surface area contributed by atoms with Crippen molar-refractivity contribution in [3.05, 3.63) is 71.3 Å². The number of carbonyl (C=O) groups is 1. The maximum Gasteiger partial charge on any atom is 0.138 e. The summed E-state index contributed by atoms with van der Waals surface area (Å²) < 4.78 is 0. The highest BCUT2D eigenvalue weighted by Gasteiger charge is 2.33. The zero-order chi connectivity index (χ0) is 16.9. The fourth-order valence-electron chi connectivity index (χ4n) is 3.31. The van der Waals surface area contributed by atoms with Gasteiger partial charge in [0, 0.05) is 23.5 Å². The van der Waals surface area contributed by atoms with E-state index in [1.54, 1.807) is 0 Å². The Morgan fingerprint density at radius 3 is 2.54 bits per heavy atom. The number of aliphatic hydroxyl groups is 1. The molecule has 0 aliphatic heterocycles. The zero-order valence-corrected chi connectivity index (χ0v) is 13.9. The normalized spacial score (nSPS) is 21.7. The molecule has 1 saturated carbocycles. The van der Waals surface area contributed by atoms with Crippen molar-refractivity contribution in [3.8, 4) is 11.8 Å². The van der Waals surface area contributed by atoms with Crippen LogP contribution in [0.2, 0.25) is 0 Å². The van der Waals surface area contributed by atoms with E-state index in [0.717, 1.165) is 29.5 Å². The van der Waals surface area contributed by atoms with Gasteiger partial charge in [-0.05, 0) is 42.5 Å². The molecule has 0 unspecified atom stereocenters. The van der Waals surface area contributed by atoms with Crippen LogP contribution < -0.4 is 0 Å². The summed E-state index contributed by atoms with van der Waals surface area (Å²) in [4.78, 5) is 12.2. The highest BCUT2D eigenvalue weighted by Crippen LogP contribution is 2.35. The molecule has 1 N–H and O–H groups in total. The smallest absolute Gasteiger partial charge is 0.138 e. The molecular formula is C22H22O2. The molecule has 2 nitrogen and oxygen atoms in total. The lowest BCUT2D eigenvalue weighted by molar-refractivity contribution is -0.129. The summed E-state index contributed by atoms with van der Waals surface area (Å²) >= 11 is 0. The highest BCUT2D eigenvalue weighted by molar-refractivity contribution is 5.82. The second kappa shape index (κ2) is 7.47. The van der Waals surface area contributed by atoms with E-state index in [1.165, 1.54) is 0 Å². The van der Waals surface area contributed by atoms with E-state index in [2.05, 4.69) is 18.8 Å². The Morgan fingerprint density at radius 1 is 1.04 bits per heavy atom. The molecule has 2 heteroatoms. The summed E-state index contributed by atoms with van der Waals surface area (Å²) in [6, 6.07) is 17.4.